The van der Waals surface area contributed by atoms with E-state index in [1.807, 2.05) is 47.0 Å². The van der Waals surface area contributed by atoms with E-state index in [0.29, 0.717) is 23.6 Å². The Labute approximate surface area is 290 Å². The molecule has 238 valence electrons. The van der Waals surface area contributed by atoms with Gasteiger partial charge in [-0.3, -0.25) is 14.5 Å². The smallest absolute Gasteiger partial charge is 0.263 e. The topological polar surface area (TPSA) is 37.4 Å². The molecule has 0 saturated carbocycles. The number of fused-ring (bicyclic) bond motifs is 4. The highest BCUT2D eigenvalue weighted by atomic mass is 32.1. The second-order valence-electron chi connectivity index (χ2n) is 12.9. The number of amides is 2. The van der Waals surface area contributed by atoms with Crippen LogP contribution in [0.2, 0.25) is 6.04 Å². The Morgan fingerprint density at radius 2 is 1.57 bits per heavy atom. The first kappa shape index (κ1) is 31.9. The summed E-state index contributed by atoms with van der Waals surface area (Å²) < 4.78 is 1.56. The summed E-state index contributed by atoms with van der Waals surface area (Å²) in [6, 6.07) is 21.3. The van der Waals surface area contributed by atoms with E-state index in [1.54, 1.807) is 26.2 Å². The summed E-state index contributed by atoms with van der Waals surface area (Å²) in [4.78, 5) is 36.6. The lowest BCUT2D eigenvalue weighted by Crippen LogP contribution is -2.64. The molecule has 2 amide bonds. The van der Waals surface area contributed by atoms with Crippen LogP contribution in [0.1, 0.15) is 88.4 Å². The summed E-state index contributed by atoms with van der Waals surface area (Å²) in [5.74, 6) is 0.482. The maximum Gasteiger partial charge on any atom is 0.263 e. The lowest BCUT2D eigenvalue weighted by atomic mass is 10.0. The molecular formula is C38H41NO2S4Si. The van der Waals surface area contributed by atoms with Crippen molar-refractivity contribution in [3.8, 4) is 19.5 Å². The third kappa shape index (κ3) is 5.34. The van der Waals surface area contributed by atoms with Gasteiger partial charge in [0.25, 0.3) is 11.8 Å². The molecule has 0 aliphatic carbocycles. The quantitative estimate of drug-likeness (QED) is 0.0698. The molecule has 0 N–H and O–H groups in total. The van der Waals surface area contributed by atoms with Crippen LogP contribution in [0.3, 0.4) is 0 Å². The van der Waals surface area contributed by atoms with Gasteiger partial charge in [-0.1, -0.05) is 82.0 Å². The van der Waals surface area contributed by atoms with Gasteiger partial charge >= 0.3 is 0 Å². The summed E-state index contributed by atoms with van der Waals surface area (Å²) in [5.41, 5.74) is 2.59. The number of benzene rings is 1. The molecule has 2 aliphatic heterocycles. The van der Waals surface area contributed by atoms with Gasteiger partial charge in [0, 0.05) is 35.4 Å². The molecule has 0 spiro atoms. The highest BCUT2D eigenvalue weighted by Crippen LogP contribution is 2.48. The summed E-state index contributed by atoms with van der Waals surface area (Å²) in [6.07, 6.45) is 7.74. The maximum atomic E-state index is 14.0. The van der Waals surface area contributed by atoms with Gasteiger partial charge in [0.2, 0.25) is 0 Å². The van der Waals surface area contributed by atoms with Gasteiger partial charge in [-0.05, 0) is 78.5 Å². The average Bonchev–Trinajstić information content (AvgIpc) is 3.90. The lowest BCUT2D eigenvalue weighted by Gasteiger charge is -2.31. The minimum absolute atomic E-state index is 0.104. The predicted molar refractivity (Wildman–Crippen MR) is 202 cm³/mol. The van der Waals surface area contributed by atoms with Crippen molar-refractivity contribution in [2.45, 2.75) is 78.7 Å². The van der Waals surface area contributed by atoms with Gasteiger partial charge < -0.3 is 0 Å². The third-order valence-corrected chi connectivity index (χ3v) is 20.9. The summed E-state index contributed by atoms with van der Waals surface area (Å²) in [5, 5.41) is 5.41. The summed E-state index contributed by atoms with van der Waals surface area (Å²) >= 11 is 7.39. The molecule has 1 aromatic carbocycles. The van der Waals surface area contributed by atoms with E-state index >= 15 is 0 Å². The van der Waals surface area contributed by atoms with Crippen LogP contribution >= 0.6 is 45.3 Å². The highest BCUT2D eigenvalue weighted by Gasteiger charge is 2.51. The third-order valence-electron chi connectivity index (χ3n) is 9.96. The van der Waals surface area contributed by atoms with Crippen molar-refractivity contribution < 1.29 is 9.59 Å². The minimum atomic E-state index is -2.25. The van der Waals surface area contributed by atoms with Crippen LogP contribution in [0.15, 0.2) is 60.0 Å². The number of imide groups is 1. The zero-order valence-corrected chi connectivity index (χ0v) is 31.4. The first-order valence-corrected chi connectivity index (χ1v) is 22.2. The molecule has 0 radical (unpaired) electrons. The van der Waals surface area contributed by atoms with E-state index in [0.717, 1.165) is 33.9 Å². The SMILES string of the molecule is CCCCC(CC)C[Si]1(c2cccs2)c2cc(C)sc2-c2sc(-c3sc(C)c4c3C(=O)N(CCCCc3ccccc3)C4=O)cc21. The van der Waals surface area contributed by atoms with Crippen LogP contribution in [0.4, 0.5) is 0 Å². The Morgan fingerprint density at radius 3 is 2.30 bits per heavy atom. The molecule has 2 atom stereocenters. The molecule has 4 aromatic heterocycles. The van der Waals surface area contributed by atoms with Crippen molar-refractivity contribution in [2.24, 2.45) is 5.92 Å². The highest BCUT2D eigenvalue weighted by molar-refractivity contribution is 7.38. The van der Waals surface area contributed by atoms with Gasteiger partial charge in [0.1, 0.15) is 0 Å². The molecule has 6 heterocycles. The van der Waals surface area contributed by atoms with Crippen LogP contribution in [-0.2, 0) is 6.42 Å². The van der Waals surface area contributed by atoms with Crippen LogP contribution < -0.4 is 14.9 Å². The first-order valence-electron chi connectivity index (χ1n) is 16.7. The molecule has 0 fully saturated rings. The van der Waals surface area contributed by atoms with Crippen molar-refractivity contribution in [3.05, 3.63) is 86.4 Å². The van der Waals surface area contributed by atoms with Crippen molar-refractivity contribution in [3.63, 3.8) is 0 Å². The van der Waals surface area contributed by atoms with E-state index in [4.69, 9.17) is 0 Å². The number of aryl methyl sites for hydroxylation is 3. The van der Waals surface area contributed by atoms with Crippen molar-refractivity contribution >= 4 is 80.1 Å². The molecular weight excluding hydrogens is 659 g/mol. The van der Waals surface area contributed by atoms with Crippen LogP contribution in [0.25, 0.3) is 19.5 Å². The largest absolute Gasteiger partial charge is 0.274 e. The molecule has 2 aliphatic rings. The fraction of sp³-hybridized carbons (Fsp3) is 0.368. The van der Waals surface area contributed by atoms with E-state index in [1.165, 1.54) is 56.8 Å². The predicted octanol–water partition coefficient (Wildman–Crippen LogP) is 9.50. The van der Waals surface area contributed by atoms with Crippen molar-refractivity contribution in [2.75, 3.05) is 6.54 Å². The number of nitrogens with zero attached hydrogens (tertiary/aromatic N) is 1. The number of rotatable bonds is 13. The maximum absolute atomic E-state index is 14.0. The molecule has 3 nitrogen and oxygen atoms in total. The minimum Gasteiger partial charge on any atom is -0.274 e. The van der Waals surface area contributed by atoms with Gasteiger partial charge in [-0.25, -0.2) is 0 Å². The van der Waals surface area contributed by atoms with Crippen LogP contribution in [0, 0.1) is 19.8 Å². The lowest BCUT2D eigenvalue weighted by molar-refractivity contribution is 0.0652. The number of unbranched alkanes of at least 4 members (excludes halogenated alkanes) is 2. The molecule has 7 rings (SSSR count). The molecule has 5 aromatic rings. The monoisotopic (exact) mass is 699 g/mol. The van der Waals surface area contributed by atoms with Gasteiger partial charge in [0.15, 0.2) is 8.07 Å². The molecule has 8 heteroatoms. The average molecular weight is 700 g/mol. The zero-order chi connectivity index (χ0) is 32.0. The fourth-order valence-corrected chi connectivity index (χ4v) is 20.2. The zero-order valence-electron chi connectivity index (χ0n) is 27.1. The van der Waals surface area contributed by atoms with Crippen molar-refractivity contribution in [1.29, 1.82) is 0 Å². The molecule has 0 bridgehead atoms. The standard InChI is InChI=1S/C38H41NO2S4Si/c1-5-7-14-26(6-2)23-46(31-18-13-20-42-31)29-21-24(3)43-35(29)36-30(46)22-28(45-36)34-33-32(25(4)44-34)37(40)39(38(33)41)19-12-11-17-27-15-9-8-10-16-27/h8-10,13,15-16,18,20-22,26H,5-7,11-12,14,17,19,23H2,1-4H3. The first-order chi connectivity index (χ1) is 22.4. The van der Waals surface area contributed by atoms with Gasteiger partial charge in [0.05, 0.1) is 16.0 Å². The van der Waals surface area contributed by atoms with Crippen molar-refractivity contribution in [1.82, 2.24) is 4.90 Å². The number of hydrogen-bond donors (Lipinski definition) is 0. The number of hydrogen-bond acceptors (Lipinski definition) is 6. The number of carbonyl (C=O) groups excluding carboxylic acids is 2. The molecule has 0 saturated heterocycles. The number of carbonyl (C=O) groups is 2. The second kappa shape index (κ2) is 13.1. The normalized spacial score (nSPS) is 17.5. The van der Waals surface area contributed by atoms with E-state index in [2.05, 4.69) is 74.7 Å². The van der Waals surface area contributed by atoms with Crippen LogP contribution in [-0.4, -0.2) is 31.3 Å². The van der Waals surface area contributed by atoms with E-state index < -0.39 is 8.07 Å². The van der Waals surface area contributed by atoms with Gasteiger partial charge in [-0.2, -0.15) is 11.3 Å². The Morgan fingerprint density at radius 1 is 0.804 bits per heavy atom. The van der Waals surface area contributed by atoms with E-state index in [-0.39, 0.29) is 11.8 Å². The van der Waals surface area contributed by atoms with Crippen LogP contribution in [0.5, 0.6) is 0 Å². The molecule has 46 heavy (non-hydrogen) atoms. The fourth-order valence-electron chi connectivity index (χ4n) is 7.61. The van der Waals surface area contributed by atoms with Gasteiger partial charge in [-0.15, -0.1) is 34.0 Å². The Balaban J connectivity index is 1.25. The second-order valence-corrected chi connectivity index (χ2v) is 21.6. The Bertz CT molecular complexity index is 1880. The molecule has 2 unspecified atom stereocenters. The Kier molecular flexibility index (Phi) is 9.11. The van der Waals surface area contributed by atoms with E-state index in [9.17, 15) is 9.59 Å². The summed E-state index contributed by atoms with van der Waals surface area (Å²) in [7, 11) is -2.25. The number of thiophene rings is 4. The summed E-state index contributed by atoms with van der Waals surface area (Å²) in [6.45, 7) is 9.43. The Hall–Kier alpha value is -2.62.